The van der Waals surface area contributed by atoms with Crippen molar-refractivity contribution in [2.75, 3.05) is 39.3 Å². The zero-order chi connectivity index (χ0) is 17.9. The molecule has 0 radical (unpaired) electrons. The van der Waals surface area contributed by atoms with Gasteiger partial charge in [-0.05, 0) is 48.0 Å². The minimum absolute atomic E-state index is 0.368. The molecule has 5 nitrogen and oxygen atoms in total. The number of sulfonamides is 1. The summed E-state index contributed by atoms with van der Waals surface area (Å²) in [5.41, 5.74) is 0. The highest BCUT2D eigenvalue weighted by molar-refractivity contribution is 7.89. The van der Waals surface area contributed by atoms with E-state index >= 15 is 0 Å². The first-order valence-corrected chi connectivity index (χ1v) is 10.4. The minimum Gasteiger partial charge on any atom is -0.494 e. The predicted octanol–water partition coefficient (Wildman–Crippen LogP) is 2.95. The number of hydrogen-bond acceptors (Lipinski definition) is 4. The average Bonchev–Trinajstić information content (AvgIpc) is 2.65. The van der Waals surface area contributed by atoms with Crippen LogP contribution >= 0.6 is 0 Å². The van der Waals surface area contributed by atoms with Gasteiger partial charge in [-0.2, -0.15) is 4.31 Å². The molecule has 0 N–H and O–H groups in total. The highest BCUT2D eigenvalue weighted by Crippen LogP contribution is 2.26. The summed E-state index contributed by atoms with van der Waals surface area (Å²) in [5.74, 6) is 0.820. The number of rotatable bonds is 6. The molecule has 2 aromatic carbocycles. The van der Waals surface area contributed by atoms with Crippen LogP contribution in [0.2, 0.25) is 0 Å². The molecule has 3 rings (SSSR count). The number of piperazine rings is 1. The van der Waals surface area contributed by atoms with E-state index in [-0.39, 0.29) is 0 Å². The fourth-order valence-electron chi connectivity index (χ4n) is 3.11. The average molecular weight is 362 g/mol. The summed E-state index contributed by atoms with van der Waals surface area (Å²) >= 11 is 0. The SMILES string of the molecule is CCCOc1ccc2cc(S(=O)(=O)N3CCN(CC)CC3)ccc2c1. The van der Waals surface area contributed by atoms with Crippen LogP contribution < -0.4 is 4.74 Å². The molecule has 25 heavy (non-hydrogen) atoms. The third kappa shape index (κ3) is 3.97. The molecule has 1 aliphatic rings. The molecule has 0 spiro atoms. The lowest BCUT2D eigenvalue weighted by Gasteiger charge is -2.33. The van der Waals surface area contributed by atoms with Crippen LogP contribution in [0.15, 0.2) is 41.3 Å². The first-order chi connectivity index (χ1) is 12.0. The number of fused-ring (bicyclic) bond motifs is 1. The number of ether oxygens (including phenoxy) is 1. The molecule has 0 unspecified atom stereocenters. The Hall–Kier alpha value is -1.63. The summed E-state index contributed by atoms with van der Waals surface area (Å²) in [5, 5.41) is 1.90. The Balaban J connectivity index is 1.83. The van der Waals surface area contributed by atoms with Gasteiger partial charge in [0.1, 0.15) is 5.75 Å². The maximum atomic E-state index is 12.9. The molecule has 1 heterocycles. The Bertz CT molecular complexity index is 828. The molecule has 1 saturated heterocycles. The Kier molecular flexibility index (Phi) is 5.61. The van der Waals surface area contributed by atoms with Crippen molar-refractivity contribution >= 4 is 20.8 Å². The van der Waals surface area contributed by atoms with Gasteiger partial charge in [0, 0.05) is 26.2 Å². The molecule has 1 fully saturated rings. The number of nitrogens with zero attached hydrogens (tertiary/aromatic N) is 2. The van der Waals surface area contributed by atoms with Crippen molar-refractivity contribution in [1.29, 1.82) is 0 Å². The lowest BCUT2D eigenvalue weighted by atomic mass is 10.1. The molecular weight excluding hydrogens is 336 g/mol. The van der Waals surface area contributed by atoms with E-state index < -0.39 is 10.0 Å². The van der Waals surface area contributed by atoms with E-state index in [0.29, 0.717) is 24.6 Å². The van der Waals surface area contributed by atoms with Crippen LogP contribution in [0.1, 0.15) is 20.3 Å². The largest absolute Gasteiger partial charge is 0.494 e. The normalized spacial score (nSPS) is 17.0. The van der Waals surface area contributed by atoms with E-state index in [0.717, 1.165) is 42.6 Å². The van der Waals surface area contributed by atoms with Crippen LogP contribution in [0.25, 0.3) is 10.8 Å². The molecule has 1 aliphatic heterocycles. The third-order valence-electron chi connectivity index (χ3n) is 4.67. The summed E-state index contributed by atoms with van der Waals surface area (Å²) in [6.07, 6.45) is 0.959. The Labute approximate surface area is 150 Å². The van der Waals surface area contributed by atoms with Crippen molar-refractivity contribution in [3.8, 4) is 5.75 Å². The fraction of sp³-hybridized carbons (Fsp3) is 0.474. The number of benzene rings is 2. The summed E-state index contributed by atoms with van der Waals surface area (Å²) in [7, 11) is -3.43. The van der Waals surface area contributed by atoms with Gasteiger partial charge < -0.3 is 9.64 Å². The zero-order valence-electron chi connectivity index (χ0n) is 14.9. The summed E-state index contributed by atoms with van der Waals surface area (Å²) < 4.78 is 33.1. The second-order valence-electron chi connectivity index (χ2n) is 6.36. The minimum atomic E-state index is -3.43. The zero-order valence-corrected chi connectivity index (χ0v) is 15.8. The van der Waals surface area contributed by atoms with Gasteiger partial charge in [0.05, 0.1) is 11.5 Å². The lowest BCUT2D eigenvalue weighted by molar-refractivity contribution is 0.196. The monoisotopic (exact) mass is 362 g/mol. The first-order valence-electron chi connectivity index (χ1n) is 8.93. The summed E-state index contributed by atoms with van der Waals surface area (Å²) in [6.45, 7) is 8.51. The highest BCUT2D eigenvalue weighted by atomic mass is 32.2. The summed E-state index contributed by atoms with van der Waals surface area (Å²) in [4.78, 5) is 2.64. The topological polar surface area (TPSA) is 49.9 Å². The van der Waals surface area contributed by atoms with Gasteiger partial charge in [-0.25, -0.2) is 8.42 Å². The van der Waals surface area contributed by atoms with Crippen molar-refractivity contribution in [1.82, 2.24) is 9.21 Å². The van der Waals surface area contributed by atoms with E-state index in [1.807, 2.05) is 24.3 Å². The van der Waals surface area contributed by atoms with Crippen molar-refractivity contribution in [2.45, 2.75) is 25.2 Å². The van der Waals surface area contributed by atoms with Crippen molar-refractivity contribution in [3.63, 3.8) is 0 Å². The van der Waals surface area contributed by atoms with Crippen LogP contribution in [0.4, 0.5) is 0 Å². The van der Waals surface area contributed by atoms with Crippen molar-refractivity contribution in [2.24, 2.45) is 0 Å². The summed E-state index contributed by atoms with van der Waals surface area (Å²) in [6, 6.07) is 11.1. The van der Waals surface area contributed by atoms with E-state index in [2.05, 4.69) is 18.7 Å². The molecular formula is C19H26N2O3S. The van der Waals surface area contributed by atoms with Gasteiger partial charge >= 0.3 is 0 Å². The molecule has 6 heteroatoms. The van der Waals surface area contributed by atoms with Gasteiger partial charge in [0.15, 0.2) is 0 Å². The van der Waals surface area contributed by atoms with Gasteiger partial charge in [0.25, 0.3) is 0 Å². The van der Waals surface area contributed by atoms with E-state index in [9.17, 15) is 8.42 Å². The second kappa shape index (κ2) is 7.72. The molecule has 0 bridgehead atoms. The molecule has 0 atom stereocenters. The fourth-order valence-corrected chi connectivity index (χ4v) is 4.57. The van der Waals surface area contributed by atoms with E-state index in [1.165, 1.54) is 0 Å². The number of likely N-dealkylation sites (N-methyl/N-ethyl adjacent to an activating group) is 1. The lowest BCUT2D eigenvalue weighted by Crippen LogP contribution is -2.48. The predicted molar refractivity (Wildman–Crippen MR) is 101 cm³/mol. The quantitative estimate of drug-likeness (QED) is 0.793. The van der Waals surface area contributed by atoms with Gasteiger partial charge in [-0.1, -0.05) is 26.0 Å². The van der Waals surface area contributed by atoms with Crippen molar-refractivity contribution < 1.29 is 13.2 Å². The van der Waals surface area contributed by atoms with Gasteiger partial charge in [0.2, 0.25) is 10.0 Å². The first kappa shape index (κ1) is 18.2. The molecule has 136 valence electrons. The maximum absolute atomic E-state index is 12.9. The molecule has 2 aromatic rings. The van der Waals surface area contributed by atoms with Gasteiger partial charge in [-0.3, -0.25) is 0 Å². The smallest absolute Gasteiger partial charge is 0.243 e. The molecule has 0 amide bonds. The maximum Gasteiger partial charge on any atom is 0.243 e. The van der Waals surface area contributed by atoms with E-state index in [1.54, 1.807) is 16.4 Å². The Morgan fingerprint density at radius 2 is 1.64 bits per heavy atom. The number of hydrogen-bond donors (Lipinski definition) is 0. The van der Waals surface area contributed by atoms with Gasteiger partial charge in [-0.15, -0.1) is 0 Å². The Morgan fingerprint density at radius 3 is 2.32 bits per heavy atom. The molecule has 0 aromatic heterocycles. The molecule has 0 saturated carbocycles. The van der Waals surface area contributed by atoms with Crippen LogP contribution in [0.3, 0.4) is 0 Å². The molecule has 0 aliphatic carbocycles. The van der Waals surface area contributed by atoms with Crippen LogP contribution in [0, 0.1) is 0 Å². The van der Waals surface area contributed by atoms with E-state index in [4.69, 9.17) is 4.74 Å². The standard InChI is InChI=1S/C19H26N2O3S/c1-3-13-24-18-7-5-17-15-19(8-6-16(17)14-18)25(22,23)21-11-9-20(4-2)10-12-21/h5-8,14-15H,3-4,9-13H2,1-2H3. The second-order valence-corrected chi connectivity index (χ2v) is 8.30. The third-order valence-corrected chi connectivity index (χ3v) is 6.57. The van der Waals surface area contributed by atoms with Crippen LogP contribution in [-0.4, -0.2) is 57.0 Å². The Morgan fingerprint density at radius 1 is 0.960 bits per heavy atom. The van der Waals surface area contributed by atoms with Crippen LogP contribution in [0.5, 0.6) is 5.75 Å². The highest BCUT2D eigenvalue weighted by Gasteiger charge is 2.28. The van der Waals surface area contributed by atoms with Crippen LogP contribution in [-0.2, 0) is 10.0 Å². The van der Waals surface area contributed by atoms with Crippen molar-refractivity contribution in [3.05, 3.63) is 36.4 Å².